The van der Waals surface area contributed by atoms with Gasteiger partial charge < -0.3 is 5.11 Å². The number of aliphatic hydroxyl groups excluding tert-OH is 1. The van der Waals surface area contributed by atoms with Crippen LogP contribution in [0.2, 0.25) is 5.02 Å². The van der Waals surface area contributed by atoms with Crippen molar-refractivity contribution in [1.29, 1.82) is 0 Å². The zero-order chi connectivity index (χ0) is 13.8. The maximum absolute atomic E-state index is 10.2. The van der Waals surface area contributed by atoms with Crippen molar-refractivity contribution >= 4 is 11.6 Å². The van der Waals surface area contributed by atoms with Gasteiger partial charge in [-0.2, -0.15) is 0 Å². The van der Waals surface area contributed by atoms with E-state index in [2.05, 4.69) is 31.2 Å². The number of aliphatic hydroxyl groups is 1. The van der Waals surface area contributed by atoms with Gasteiger partial charge in [0.2, 0.25) is 0 Å². The van der Waals surface area contributed by atoms with E-state index in [0.717, 1.165) is 17.5 Å². The van der Waals surface area contributed by atoms with E-state index in [1.54, 1.807) is 0 Å². The normalized spacial score (nSPS) is 12.4. The van der Waals surface area contributed by atoms with E-state index in [0.29, 0.717) is 11.4 Å². The van der Waals surface area contributed by atoms with Crippen molar-refractivity contribution in [2.45, 2.75) is 32.8 Å². The Hall–Kier alpha value is -1.31. The molecule has 1 nitrogen and oxygen atoms in total. The zero-order valence-electron chi connectivity index (χ0n) is 11.4. The van der Waals surface area contributed by atoms with Gasteiger partial charge in [-0.3, -0.25) is 0 Å². The molecule has 0 aromatic heterocycles. The Kier molecular flexibility index (Phi) is 4.62. The van der Waals surface area contributed by atoms with Crippen LogP contribution >= 0.6 is 11.6 Å². The zero-order valence-corrected chi connectivity index (χ0v) is 12.1. The van der Waals surface area contributed by atoms with Crippen LogP contribution in [0.5, 0.6) is 0 Å². The van der Waals surface area contributed by atoms with Crippen molar-refractivity contribution in [3.8, 4) is 0 Å². The first kappa shape index (κ1) is 14.1. The minimum atomic E-state index is -0.459. The molecule has 0 bridgehead atoms. The molecule has 0 amide bonds. The van der Waals surface area contributed by atoms with Gasteiger partial charge in [-0.25, -0.2) is 0 Å². The fraction of sp³-hybridized carbons (Fsp3) is 0.294. The van der Waals surface area contributed by atoms with Gasteiger partial charge in [-0.15, -0.1) is 0 Å². The van der Waals surface area contributed by atoms with Crippen LogP contribution in [-0.2, 0) is 6.42 Å². The van der Waals surface area contributed by atoms with Gasteiger partial charge in [0.25, 0.3) is 0 Å². The molecule has 0 saturated heterocycles. The molecular formula is C17H19ClO. The topological polar surface area (TPSA) is 20.2 Å². The molecule has 0 heterocycles. The van der Waals surface area contributed by atoms with Gasteiger partial charge >= 0.3 is 0 Å². The third-order valence-corrected chi connectivity index (χ3v) is 3.81. The Morgan fingerprint density at radius 2 is 1.74 bits per heavy atom. The van der Waals surface area contributed by atoms with Crippen molar-refractivity contribution < 1.29 is 5.11 Å². The molecule has 2 heteroatoms. The average Bonchev–Trinajstić information content (AvgIpc) is 2.41. The lowest BCUT2D eigenvalue weighted by Gasteiger charge is -2.12. The van der Waals surface area contributed by atoms with E-state index >= 15 is 0 Å². The Morgan fingerprint density at radius 1 is 1.05 bits per heavy atom. The maximum atomic E-state index is 10.2. The van der Waals surface area contributed by atoms with E-state index in [1.165, 1.54) is 11.1 Å². The van der Waals surface area contributed by atoms with Gasteiger partial charge in [-0.1, -0.05) is 53.6 Å². The summed E-state index contributed by atoms with van der Waals surface area (Å²) in [6.45, 7) is 4.04. The molecule has 0 radical (unpaired) electrons. The Balaban J connectivity index is 1.98. The predicted molar refractivity (Wildman–Crippen MR) is 80.6 cm³/mol. The lowest BCUT2D eigenvalue weighted by atomic mass is 10.00. The first-order chi connectivity index (χ1) is 9.06. The maximum Gasteiger partial charge on any atom is 0.0793 e. The Labute approximate surface area is 119 Å². The summed E-state index contributed by atoms with van der Waals surface area (Å²) >= 11 is 6.08. The Morgan fingerprint density at radius 3 is 2.37 bits per heavy atom. The van der Waals surface area contributed by atoms with Gasteiger partial charge in [0.05, 0.1) is 6.10 Å². The molecule has 19 heavy (non-hydrogen) atoms. The predicted octanol–water partition coefficient (Wildman–Crippen LogP) is 4.62. The lowest BCUT2D eigenvalue weighted by molar-refractivity contribution is 0.168. The summed E-state index contributed by atoms with van der Waals surface area (Å²) in [6, 6.07) is 14.2. The Bertz CT molecular complexity index is 546. The monoisotopic (exact) mass is 274 g/mol. The van der Waals surface area contributed by atoms with E-state index < -0.39 is 6.10 Å². The molecule has 2 aromatic carbocycles. The van der Waals surface area contributed by atoms with Crippen LogP contribution in [0.25, 0.3) is 0 Å². The molecule has 0 fully saturated rings. The van der Waals surface area contributed by atoms with Crippen molar-refractivity contribution in [1.82, 2.24) is 0 Å². The van der Waals surface area contributed by atoms with Crippen molar-refractivity contribution in [3.63, 3.8) is 0 Å². The number of aryl methyl sites for hydroxylation is 3. The third-order valence-electron chi connectivity index (χ3n) is 3.41. The molecule has 1 N–H and O–H groups in total. The highest BCUT2D eigenvalue weighted by Gasteiger charge is 2.09. The fourth-order valence-corrected chi connectivity index (χ4v) is 2.23. The molecule has 0 saturated carbocycles. The fourth-order valence-electron chi connectivity index (χ4n) is 2.04. The van der Waals surface area contributed by atoms with Gasteiger partial charge in [0.1, 0.15) is 0 Å². The van der Waals surface area contributed by atoms with E-state index in [9.17, 15) is 5.11 Å². The number of hydrogen-bond donors (Lipinski definition) is 1. The molecule has 100 valence electrons. The second kappa shape index (κ2) is 6.23. The van der Waals surface area contributed by atoms with Gasteiger partial charge in [-0.05, 0) is 49.4 Å². The second-order valence-electron chi connectivity index (χ2n) is 5.05. The molecule has 2 rings (SSSR count). The van der Waals surface area contributed by atoms with Crippen LogP contribution in [0.15, 0.2) is 42.5 Å². The number of hydrogen-bond acceptors (Lipinski definition) is 1. The first-order valence-corrected chi connectivity index (χ1v) is 6.94. The minimum absolute atomic E-state index is 0.459. The molecule has 0 spiro atoms. The second-order valence-corrected chi connectivity index (χ2v) is 5.46. The van der Waals surface area contributed by atoms with E-state index in [1.807, 2.05) is 25.1 Å². The van der Waals surface area contributed by atoms with Crippen molar-refractivity contribution in [2.75, 3.05) is 0 Å². The summed E-state index contributed by atoms with van der Waals surface area (Å²) in [6.07, 6.45) is 1.12. The number of benzene rings is 2. The molecule has 0 aliphatic rings. The molecule has 0 aliphatic heterocycles. The van der Waals surface area contributed by atoms with Crippen LogP contribution in [0.3, 0.4) is 0 Å². The number of halogens is 1. The standard InChI is InChI=1S/C17H19ClO/c1-12-3-6-14(7-4-12)8-10-17(19)15-9-5-13(2)16(18)11-15/h3-7,9,11,17,19H,8,10H2,1-2H3. The highest BCUT2D eigenvalue weighted by atomic mass is 35.5. The summed E-state index contributed by atoms with van der Waals surface area (Å²) in [5.74, 6) is 0. The summed E-state index contributed by atoms with van der Waals surface area (Å²) in [4.78, 5) is 0. The quantitative estimate of drug-likeness (QED) is 0.862. The van der Waals surface area contributed by atoms with E-state index in [4.69, 9.17) is 11.6 Å². The summed E-state index contributed by atoms with van der Waals surface area (Å²) < 4.78 is 0. The highest BCUT2D eigenvalue weighted by molar-refractivity contribution is 6.31. The summed E-state index contributed by atoms with van der Waals surface area (Å²) in [5.41, 5.74) is 4.44. The van der Waals surface area contributed by atoms with E-state index in [-0.39, 0.29) is 0 Å². The van der Waals surface area contributed by atoms with Crippen molar-refractivity contribution in [2.24, 2.45) is 0 Å². The molecule has 0 aliphatic carbocycles. The molecule has 1 atom stereocenters. The van der Waals surface area contributed by atoms with Crippen LogP contribution in [0.1, 0.15) is 34.8 Å². The summed E-state index contributed by atoms with van der Waals surface area (Å²) in [5, 5.41) is 10.9. The smallest absolute Gasteiger partial charge is 0.0793 e. The first-order valence-electron chi connectivity index (χ1n) is 6.56. The van der Waals surface area contributed by atoms with Crippen LogP contribution < -0.4 is 0 Å². The molecule has 2 aromatic rings. The third kappa shape index (κ3) is 3.82. The highest BCUT2D eigenvalue weighted by Crippen LogP contribution is 2.24. The summed E-state index contributed by atoms with van der Waals surface area (Å²) in [7, 11) is 0. The lowest BCUT2D eigenvalue weighted by Crippen LogP contribution is -2.00. The average molecular weight is 275 g/mol. The number of rotatable bonds is 4. The molecular weight excluding hydrogens is 256 g/mol. The van der Waals surface area contributed by atoms with Crippen LogP contribution in [-0.4, -0.2) is 5.11 Å². The van der Waals surface area contributed by atoms with Crippen LogP contribution in [0.4, 0.5) is 0 Å². The molecule has 1 unspecified atom stereocenters. The van der Waals surface area contributed by atoms with Gasteiger partial charge in [0, 0.05) is 5.02 Å². The SMILES string of the molecule is Cc1ccc(CCC(O)c2ccc(C)c(Cl)c2)cc1. The van der Waals surface area contributed by atoms with Gasteiger partial charge in [0.15, 0.2) is 0 Å². The largest absolute Gasteiger partial charge is 0.388 e. The minimum Gasteiger partial charge on any atom is -0.388 e. The van der Waals surface area contributed by atoms with Crippen molar-refractivity contribution in [3.05, 3.63) is 69.7 Å². The van der Waals surface area contributed by atoms with Crippen LogP contribution in [0, 0.1) is 13.8 Å².